The van der Waals surface area contributed by atoms with Crippen LogP contribution in [0.3, 0.4) is 0 Å². The van der Waals surface area contributed by atoms with Crippen LogP contribution in [0.15, 0.2) is 36.7 Å². The highest BCUT2D eigenvalue weighted by atomic mass is 16.2. The van der Waals surface area contributed by atoms with Crippen molar-refractivity contribution in [1.82, 2.24) is 14.8 Å². The normalized spacial score (nSPS) is 19.6. The van der Waals surface area contributed by atoms with Crippen LogP contribution in [0, 0.1) is 11.3 Å². The molecule has 1 aromatic heterocycles. The molecule has 1 amide bonds. The summed E-state index contributed by atoms with van der Waals surface area (Å²) >= 11 is 0. The zero-order valence-corrected chi connectivity index (χ0v) is 11.7. The van der Waals surface area contributed by atoms with E-state index in [2.05, 4.69) is 29.2 Å². The number of carbonyl (C=O) groups is 1. The number of carbonyl (C=O) groups excluding carboxylic acids is 1. The van der Waals surface area contributed by atoms with Gasteiger partial charge in [0.05, 0.1) is 6.54 Å². The van der Waals surface area contributed by atoms with Crippen molar-refractivity contribution in [3.63, 3.8) is 0 Å². The predicted octanol–water partition coefficient (Wildman–Crippen LogP) is 2.31. The number of hydrogen-bond acceptors (Lipinski definition) is 3. The largest absolute Gasteiger partial charge is 0.293 e. The van der Waals surface area contributed by atoms with Gasteiger partial charge in [0.25, 0.3) is 0 Å². The average Bonchev–Trinajstić information content (AvgIpc) is 2.84. The molecular weight excluding hydrogens is 252 g/mol. The van der Waals surface area contributed by atoms with Crippen LogP contribution in [0.4, 0.5) is 5.95 Å². The summed E-state index contributed by atoms with van der Waals surface area (Å²) in [6.07, 6.45) is 2.57. The summed E-state index contributed by atoms with van der Waals surface area (Å²) in [7, 11) is 0. The first-order valence-corrected chi connectivity index (χ1v) is 6.79. The molecule has 1 aliphatic carbocycles. The maximum Gasteiger partial charge on any atom is 0.248 e. The molecule has 5 nitrogen and oxygen atoms in total. The number of benzene rings is 1. The van der Waals surface area contributed by atoms with Gasteiger partial charge in [-0.05, 0) is 17.4 Å². The van der Waals surface area contributed by atoms with Crippen LogP contribution >= 0.6 is 0 Å². The molecule has 1 N–H and O–H groups in total. The Kier molecular flexibility index (Phi) is 3.04. The van der Waals surface area contributed by atoms with E-state index in [9.17, 15) is 4.79 Å². The van der Waals surface area contributed by atoms with Crippen LogP contribution < -0.4 is 5.32 Å². The van der Waals surface area contributed by atoms with Gasteiger partial charge in [-0.15, -0.1) is 5.10 Å². The monoisotopic (exact) mass is 270 g/mol. The summed E-state index contributed by atoms with van der Waals surface area (Å²) in [4.78, 5) is 16.1. The highest BCUT2D eigenvalue weighted by Crippen LogP contribution is 2.51. The molecule has 1 aliphatic rings. The number of amides is 1. The zero-order chi connectivity index (χ0) is 14.2. The smallest absolute Gasteiger partial charge is 0.248 e. The Bertz CT molecular complexity index is 618. The third-order valence-corrected chi connectivity index (χ3v) is 3.79. The molecule has 2 aromatic rings. The molecule has 1 fully saturated rings. The molecular formula is C15H18N4O. The SMILES string of the molecule is CC1(C)CC1C(=O)Nc1ncn(Cc2ccccc2)n1. The van der Waals surface area contributed by atoms with E-state index in [1.54, 1.807) is 11.0 Å². The molecule has 0 aliphatic heterocycles. The van der Waals surface area contributed by atoms with E-state index in [0.29, 0.717) is 12.5 Å². The van der Waals surface area contributed by atoms with Gasteiger partial charge in [0.15, 0.2) is 0 Å². The van der Waals surface area contributed by atoms with Crippen molar-refractivity contribution in [2.75, 3.05) is 5.32 Å². The molecule has 104 valence electrons. The highest BCUT2D eigenvalue weighted by Gasteiger charge is 2.50. The lowest BCUT2D eigenvalue weighted by molar-refractivity contribution is -0.118. The summed E-state index contributed by atoms with van der Waals surface area (Å²) in [6, 6.07) is 10.0. The minimum Gasteiger partial charge on any atom is -0.293 e. The number of rotatable bonds is 4. The Balaban J connectivity index is 1.61. The standard InChI is InChI=1S/C15H18N4O/c1-15(2)8-12(15)13(20)17-14-16-10-19(18-14)9-11-6-4-3-5-7-11/h3-7,10,12H,8-9H2,1-2H3,(H,17,18,20). The number of nitrogens with one attached hydrogen (secondary N) is 1. The van der Waals surface area contributed by atoms with E-state index in [0.717, 1.165) is 12.0 Å². The van der Waals surface area contributed by atoms with E-state index in [-0.39, 0.29) is 17.2 Å². The Hall–Kier alpha value is -2.17. The summed E-state index contributed by atoms with van der Waals surface area (Å²) in [5, 5.41) is 7.06. The summed E-state index contributed by atoms with van der Waals surface area (Å²) < 4.78 is 1.73. The van der Waals surface area contributed by atoms with Gasteiger partial charge < -0.3 is 0 Å². The lowest BCUT2D eigenvalue weighted by atomic mass is 10.1. The van der Waals surface area contributed by atoms with E-state index < -0.39 is 0 Å². The van der Waals surface area contributed by atoms with Crippen LogP contribution in [0.5, 0.6) is 0 Å². The van der Waals surface area contributed by atoms with Gasteiger partial charge >= 0.3 is 0 Å². The topological polar surface area (TPSA) is 59.8 Å². The van der Waals surface area contributed by atoms with E-state index in [4.69, 9.17) is 0 Å². The maximum absolute atomic E-state index is 12.0. The minimum atomic E-state index is 0.0208. The van der Waals surface area contributed by atoms with Gasteiger partial charge in [-0.2, -0.15) is 0 Å². The van der Waals surface area contributed by atoms with Gasteiger partial charge in [-0.3, -0.25) is 10.1 Å². The van der Waals surface area contributed by atoms with Gasteiger partial charge in [-0.25, -0.2) is 9.67 Å². The molecule has 1 unspecified atom stereocenters. The quantitative estimate of drug-likeness (QED) is 0.927. The first kappa shape index (κ1) is 12.8. The van der Waals surface area contributed by atoms with Crippen molar-refractivity contribution in [2.45, 2.75) is 26.8 Å². The molecule has 20 heavy (non-hydrogen) atoms. The van der Waals surface area contributed by atoms with Crippen molar-refractivity contribution in [2.24, 2.45) is 11.3 Å². The zero-order valence-electron chi connectivity index (χ0n) is 11.7. The van der Waals surface area contributed by atoms with Crippen molar-refractivity contribution >= 4 is 11.9 Å². The summed E-state index contributed by atoms with van der Waals surface area (Å²) in [6.45, 7) is 4.84. The first-order chi connectivity index (χ1) is 9.54. The van der Waals surface area contributed by atoms with E-state index >= 15 is 0 Å². The molecule has 0 radical (unpaired) electrons. The Morgan fingerprint density at radius 2 is 2.10 bits per heavy atom. The van der Waals surface area contributed by atoms with Crippen LogP contribution in [0.2, 0.25) is 0 Å². The van der Waals surface area contributed by atoms with E-state index in [1.165, 1.54) is 0 Å². The first-order valence-electron chi connectivity index (χ1n) is 6.79. The lowest BCUT2D eigenvalue weighted by Crippen LogP contribution is -2.17. The fourth-order valence-corrected chi connectivity index (χ4v) is 2.31. The fraction of sp³-hybridized carbons (Fsp3) is 0.400. The van der Waals surface area contributed by atoms with Gasteiger partial charge in [0.2, 0.25) is 11.9 Å². The molecule has 1 atom stereocenters. The average molecular weight is 270 g/mol. The molecule has 5 heteroatoms. The second kappa shape index (κ2) is 4.74. The Labute approximate surface area is 118 Å². The second-order valence-electron chi connectivity index (χ2n) is 5.99. The number of nitrogens with zero attached hydrogens (tertiary/aromatic N) is 3. The predicted molar refractivity (Wildman–Crippen MR) is 76.1 cm³/mol. The second-order valence-corrected chi connectivity index (χ2v) is 5.99. The van der Waals surface area contributed by atoms with Crippen LogP contribution in [-0.2, 0) is 11.3 Å². The van der Waals surface area contributed by atoms with Crippen molar-refractivity contribution in [1.29, 1.82) is 0 Å². The summed E-state index contributed by atoms with van der Waals surface area (Å²) in [5.41, 5.74) is 1.27. The molecule has 1 heterocycles. The van der Waals surface area contributed by atoms with Crippen LogP contribution in [0.1, 0.15) is 25.8 Å². The Morgan fingerprint density at radius 3 is 2.75 bits per heavy atom. The third-order valence-electron chi connectivity index (χ3n) is 3.79. The fourth-order valence-electron chi connectivity index (χ4n) is 2.31. The highest BCUT2D eigenvalue weighted by molar-refractivity contribution is 5.93. The minimum absolute atomic E-state index is 0.0208. The molecule has 0 bridgehead atoms. The number of anilines is 1. The lowest BCUT2D eigenvalue weighted by Gasteiger charge is -2.03. The molecule has 0 saturated heterocycles. The molecule has 1 saturated carbocycles. The summed E-state index contributed by atoms with van der Waals surface area (Å²) in [5.74, 6) is 0.490. The number of aromatic nitrogens is 3. The third kappa shape index (κ3) is 2.71. The van der Waals surface area contributed by atoms with Crippen LogP contribution in [0.25, 0.3) is 0 Å². The number of hydrogen-bond donors (Lipinski definition) is 1. The van der Waals surface area contributed by atoms with Gasteiger partial charge in [0.1, 0.15) is 6.33 Å². The Morgan fingerprint density at radius 1 is 1.40 bits per heavy atom. The molecule has 0 spiro atoms. The van der Waals surface area contributed by atoms with Gasteiger partial charge in [-0.1, -0.05) is 44.2 Å². The van der Waals surface area contributed by atoms with Crippen molar-refractivity contribution in [3.05, 3.63) is 42.2 Å². The van der Waals surface area contributed by atoms with Gasteiger partial charge in [0, 0.05) is 5.92 Å². The van der Waals surface area contributed by atoms with Crippen molar-refractivity contribution in [3.8, 4) is 0 Å². The van der Waals surface area contributed by atoms with Crippen molar-refractivity contribution < 1.29 is 4.79 Å². The molecule has 1 aromatic carbocycles. The van der Waals surface area contributed by atoms with E-state index in [1.807, 2.05) is 30.3 Å². The maximum atomic E-state index is 12.0. The van der Waals surface area contributed by atoms with Crippen LogP contribution in [-0.4, -0.2) is 20.7 Å². The molecule has 3 rings (SSSR count).